The summed E-state index contributed by atoms with van der Waals surface area (Å²) in [6, 6.07) is 8.29. The molecule has 24 nitrogen and oxygen atoms in total. The Morgan fingerprint density at radius 1 is 0.659 bits per heavy atom. The molecule has 7 fully saturated rings. The van der Waals surface area contributed by atoms with Crippen LogP contribution in [0.3, 0.4) is 0 Å². The average molecular weight is 1290 g/mol. The van der Waals surface area contributed by atoms with Crippen molar-refractivity contribution < 1.29 is 118 Å². The first kappa shape index (κ1) is 71.0. The van der Waals surface area contributed by atoms with Crippen LogP contribution < -0.4 is 0 Å². The second kappa shape index (κ2) is 27.1. The van der Waals surface area contributed by atoms with Gasteiger partial charge in [-0.2, -0.15) is 0 Å². The lowest BCUT2D eigenvalue weighted by molar-refractivity contribution is -0.383. The Kier molecular flexibility index (Phi) is 21.1. The number of hydrogen-bond acceptors (Lipinski definition) is 24. The molecule has 0 radical (unpaired) electrons. The van der Waals surface area contributed by atoms with E-state index < -0.39 is 199 Å². The van der Waals surface area contributed by atoms with E-state index in [1.54, 1.807) is 30.3 Å². The zero-order chi connectivity index (χ0) is 66.8. The van der Waals surface area contributed by atoms with Crippen LogP contribution in [0.25, 0.3) is 0 Å². The van der Waals surface area contributed by atoms with Crippen molar-refractivity contribution >= 4 is 23.9 Å². The summed E-state index contributed by atoms with van der Waals surface area (Å²) in [5, 5.41) is 113. The second-order valence-corrected chi connectivity index (χ2v) is 29.0. The van der Waals surface area contributed by atoms with Gasteiger partial charge in [-0.3, -0.25) is 4.79 Å². The van der Waals surface area contributed by atoms with Crippen LogP contribution in [0.15, 0.2) is 65.3 Å². The molecule has 0 bridgehead atoms. The Labute approximate surface area is 531 Å². The molecule has 26 unspecified atom stereocenters. The molecule has 9 rings (SSSR count). The summed E-state index contributed by atoms with van der Waals surface area (Å²) in [5.41, 5.74) is -3.01. The van der Waals surface area contributed by atoms with Crippen LogP contribution in [-0.2, 0) is 61.8 Å². The highest BCUT2D eigenvalue weighted by Crippen LogP contribution is 2.76. The minimum absolute atomic E-state index is 0.162. The molecule has 5 aliphatic carbocycles. The first-order valence-corrected chi connectivity index (χ1v) is 32.0. The molecule has 3 heterocycles. The second-order valence-electron chi connectivity index (χ2n) is 29.0. The molecule has 10 N–H and O–H groups in total. The zero-order valence-electron chi connectivity index (χ0n) is 54.3. The fourth-order valence-electron chi connectivity index (χ4n) is 17.8. The fraction of sp³-hybridized carbons (Fsp3) is 0.761. The maximum absolute atomic E-state index is 14.4. The topological polar surface area (TPSA) is 363 Å². The minimum Gasteiger partial charge on any atom is -0.467 e. The number of ether oxygens (including phenoxy) is 10. The van der Waals surface area contributed by atoms with Gasteiger partial charge in [0.2, 0.25) is 0 Å². The number of allylic oxidation sites excluding steroid dienone is 4. The Balaban J connectivity index is 1.06. The number of fused-ring (bicyclic) bond motifs is 7. The van der Waals surface area contributed by atoms with Crippen LogP contribution in [-0.4, -0.2) is 218 Å². The third-order valence-electron chi connectivity index (χ3n) is 22.8. The van der Waals surface area contributed by atoms with Crippen LogP contribution >= 0.6 is 0 Å². The van der Waals surface area contributed by atoms with Gasteiger partial charge in [-0.25, -0.2) is 14.4 Å². The molecule has 3 saturated heterocycles. The Bertz CT molecular complexity index is 2870. The largest absolute Gasteiger partial charge is 0.467 e. The van der Waals surface area contributed by atoms with Gasteiger partial charge in [0, 0.05) is 23.8 Å². The van der Waals surface area contributed by atoms with Gasteiger partial charge in [-0.05, 0) is 118 Å². The highest BCUT2D eigenvalue weighted by atomic mass is 16.8. The van der Waals surface area contributed by atoms with E-state index in [4.69, 9.17) is 47.4 Å². The number of methoxy groups -OCH3 is 1. The van der Waals surface area contributed by atoms with Gasteiger partial charge in [-0.15, -0.1) is 0 Å². The fourth-order valence-corrected chi connectivity index (χ4v) is 17.8. The van der Waals surface area contributed by atoms with Gasteiger partial charge >= 0.3 is 23.9 Å². The normalized spacial score (nSPS) is 44.1. The van der Waals surface area contributed by atoms with Gasteiger partial charge in [0.1, 0.15) is 54.9 Å². The highest BCUT2D eigenvalue weighted by molar-refractivity contribution is 5.89. The van der Waals surface area contributed by atoms with E-state index in [0.29, 0.717) is 44.9 Å². The predicted molar refractivity (Wildman–Crippen MR) is 320 cm³/mol. The number of hydrogen-bond donors (Lipinski definition) is 10. The smallest absolute Gasteiger partial charge is 0.338 e. The summed E-state index contributed by atoms with van der Waals surface area (Å²) in [7, 11) is 1.06. The molecule has 510 valence electrons. The van der Waals surface area contributed by atoms with Crippen molar-refractivity contribution in [1.82, 2.24) is 0 Å². The van der Waals surface area contributed by atoms with Crippen molar-refractivity contribution in [3.63, 3.8) is 0 Å². The van der Waals surface area contributed by atoms with E-state index >= 15 is 0 Å². The molecule has 1 aromatic carbocycles. The minimum atomic E-state index is -2.00. The van der Waals surface area contributed by atoms with Crippen LogP contribution in [0.1, 0.15) is 138 Å². The first-order valence-electron chi connectivity index (χ1n) is 32.0. The maximum atomic E-state index is 14.4. The Hall–Kier alpha value is -4.32. The van der Waals surface area contributed by atoms with Crippen molar-refractivity contribution in [2.24, 2.45) is 50.2 Å². The molecule has 0 spiro atoms. The highest BCUT2D eigenvalue weighted by Gasteiger charge is 2.76. The van der Waals surface area contributed by atoms with Crippen molar-refractivity contribution in [1.29, 1.82) is 0 Å². The van der Waals surface area contributed by atoms with Crippen LogP contribution in [0, 0.1) is 50.2 Å². The van der Waals surface area contributed by atoms with Gasteiger partial charge in [0.25, 0.3) is 0 Å². The van der Waals surface area contributed by atoms with E-state index in [1.807, 2.05) is 55.4 Å². The van der Waals surface area contributed by atoms with Crippen LogP contribution in [0.4, 0.5) is 0 Å². The summed E-state index contributed by atoms with van der Waals surface area (Å²) in [6.45, 7) is 18.9. The number of aliphatic hydroxyl groups excluding tert-OH is 10. The van der Waals surface area contributed by atoms with E-state index in [1.165, 1.54) is 6.08 Å². The summed E-state index contributed by atoms with van der Waals surface area (Å²) in [4.78, 5) is 55.7. The van der Waals surface area contributed by atoms with Crippen molar-refractivity contribution in [2.75, 3.05) is 26.9 Å². The molecule has 0 amide bonds. The van der Waals surface area contributed by atoms with E-state index in [0.717, 1.165) is 30.8 Å². The molecule has 91 heavy (non-hydrogen) atoms. The number of esters is 4. The molecular formula is C67H98O24. The predicted octanol–water partition coefficient (Wildman–Crippen LogP) is 3.00. The summed E-state index contributed by atoms with van der Waals surface area (Å²) >= 11 is 0. The SMILES string of the molecule is COC(=O)C1OC(OC2CCC3(C)C(CCC4(C)C3CC=C3C5CC(C)(C)C(OC(=O)C=C(C)CCC=C(C)C)C(OC(=O)c6ccccc6)C5(CO)C(O)C(O)C34C)C2(C)C)C(OC2OC(CO)C(O)C(O)C2O)C(OC(C)=O)C1OC1OC(CO)C(O)C1O. The molecule has 3 aliphatic heterocycles. The molecule has 0 aromatic heterocycles. The first-order chi connectivity index (χ1) is 42.7. The van der Waals surface area contributed by atoms with Crippen molar-refractivity contribution in [3.8, 4) is 0 Å². The van der Waals surface area contributed by atoms with E-state index in [2.05, 4.69) is 26.0 Å². The lowest BCUT2D eigenvalue weighted by Gasteiger charge is -2.73. The lowest BCUT2D eigenvalue weighted by Crippen LogP contribution is -2.76. The lowest BCUT2D eigenvalue weighted by atomic mass is 9.32. The molecule has 26 atom stereocenters. The van der Waals surface area contributed by atoms with Crippen molar-refractivity contribution in [3.05, 3.63) is 70.8 Å². The van der Waals surface area contributed by atoms with Crippen LogP contribution in [0.5, 0.6) is 0 Å². The Morgan fingerprint density at radius 2 is 1.27 bits per heavy atom. The standard InChI is InChI=1S/C67H98O24/c1-32(2)17-16-18-33(3)27-43(72)87-55-56(91-57(80)35-19-14-13-15-20-35)67(31-70)37(28-62(55,5)6)36-21-22-41-64(9)25-24-42(63(7,8)40(64)23-26-65(41,10)66(36,11)53(78)54(67)79)86-61-52(90-60-48(77)46(75)44(73)38(29-68)84-60)50(83-34(4)71)49(51(89-61)58(81)82-12)88-59-47(76)45(74)39(30-69)85-59/h13-15,17,19-21,27,37-42,44-56,59-61,68-70,73-79H,16,18,22-26,28-31H2,1-12H3. The average Bonchev–Trinajstić information content (AvgIpc) is 0.762. The van der Waals surface area contributed by atoms with E-state index in [-0.39, 0.29) is 23.8 Å². The van der Waals surface area contributed by atoms with Crippen molar-refractivity contribution in [2.45, 2.75) is 244 Å². The summed E-state index contributed by atoms with van der Waals surface area (Å²) < 4.78 is 61.6. The maximum Gasteiger partial charge on any atom is 0.338 e. The summed E-state index contributed by atoms with van der Waals surface area (Å²) in [6.07, 6.45) is -21.7. The number of benzene rings is 1. The Morgan fingerprint density at radius 3 is 1.87 bits per heavy atom. The van der Waals surface area contributed by atoms with Gasteiger partial charge in [0.05, 0.1) is 56.2 Å². The molecule has 8 aliphatic rings. The number of carbonyl (C=O) groups excluding carboxylic acids is 4. The summed E-state index contributed by atoms with van der Waals surface area (Å²) in [5.74, 6) is -4.49. The third-order valence-corrected chi connectivity index (χ3v) is 22.8. The van der Waals surface area contributed by atoms with Crippen LogP contribution in [0.2, 0.25) is 0 Å². The van der Waals surface area contributed by atoms with Gasteiger partial charge in [0.15, 0.2) is 43.3 Å². The number of rotatable bonds is 18. The molecular weight excluding hydrogens is 1190 g/mol. The van der Waals surface area contributed by atoms with E-state index in [9.17, 15) is 70.2 Å². The molecule has 4 saturated carbocycles. The third kappa shape index (κ3) is 12.4. The number of aliphatic hydroxyl groups is 10. The van der Waals surface area contributed by atoms with Gasteiger partial charge in [-0.1, -0.05) is 95.5 Å². The quantitative estimate of drug-likeness (QED) is 0.0332. The van der Waals surface area contributed by atoms with Gasteiger partial charge < -0.3 is 98.4 Å². The number of carbonyl (C=O) groups is 4. The zero-order valence-corrected chi connectivity index (χ0v) is 54.3. The molecule has 24 heteroatoms. The monoisotopic (exact) mass is 1290 g/mol. The molecule has 1 aromatic rings.